The molecule has 0 fully saturated rings. The number of ether oxygens (including phenoxy) is 5. The minimum Gasteiger partial charge on any atom is -0.494 e. The zero-order valence-electron chi connectivity index (χ0n) is 16.0. The Kier molecular flexibility index (Phi) is 5.26. The van der Waals surface area contributed by atoms with E-state index in [9.17, 15) is 4.79 Å². The average molecular weight is 370 g/mol. The van der Waals surface area contributed by atoms with Gasteiger partial charge in [0.05, 0.1) is 33.5 Å². The van der Waals surface area contributed by atoms with Crippen LogP contribution in [0.4, 0.5) is 0 Å². The van der Waals surface area contributed by atoms with E-state index in [-0.39, 0.29) is 11.5 Å². The van der Waals surface area contributed by atoms with Crippen molar-refractivity contribution in [2.45, 2.75) is 13.8 Å². The second-order valence-electron chi connectivity index (χ2n) is 5.94. The quantitative estimate of drug-likeness (QED) is 0.715. The van der Waals surface area contributed by atoms with E-state index in [1.165, 1.54) is 7.11 Å². The lowest BCUT2D eigenvalue weighted by Gasteiger charge is -2.13. The Morgan fingerprint density at radius 2 is 1.67 bits per heavy atom. The van der Waals surface area contributed by atoms with E-state index < -0.39 is 0 Å². The first-order chi connectivity index (χ1) is 13.0. The molecule has 0 amide bonds. The van der Waals surface area contributed by atoms with Crippen molar-refractivity contribution in [1.29, 1.82) is 0 Å². The predicted octanol–water partition coefficient (Wildman–Crippen LogP) is 4.04. The van der Waals surface area contributed by atoms with Crippen LogP contribution in [0.1, 0.15) is 28.4 Å². The van der Waals surface area contributed by atoms with Gasteiger partial charge in [0.2, 0.25) is 11.5 Å². The van der Waals surface area contributed by atoms with Crippen molar-refractivity contribution in [3.05, 3.63) is 46.7 Å². The highest BCUT2D eigenvalue weighted by Gasteiger charge is 2.30. The van der Waals surface area contributed by atoms with Gasteiger partial charge in [0.15, 0.2) is 17.3 Å². The van der Waals surface area contributed by atoms with Gasteiger partial charge in [-0.05, 0) is 49.2 Å². The number of carbonyl (C=O) groups excluding carboxylic acids is 1. The molecule has 6 heteroatoms. The van der Waals surface area contributed by atoms with E-state index in [0.29, 0.717) is 46.5 Å². The van der Waals surface area contributed by atoms with E-state index in [4.69, 9.17) is 23.7 Å². The summed E-state index contributed by atoms with van der Waals surface area (Å²) in [6, 6.07) is 7.09. The summed E-state index contributed by atoms with van der Waals surface area (Å²) >= 11 is 0. The second-order valence-corrected chi connectivity index (χ2v) is 5.94. The third-order valence-electron chi connectivity index (χ3n) is 4.24. The lowest BCUT2D eigenvalue weighted by Crippen LogP contribution is -2.00. The van der Waals surface area contributed by atoms with Crippen LogP contribution in [0, 0.1) is 6.92 Å². The van der Waals surface area contributed by atoms with Gasteiger partial charge >= 0.3 is 0 Å². The zero-order valence-corrected chi connectivity index (χ0v) is 16.0. The molecule has 1 aliphatic heterocycles. The van der Waals surface area contributed by atoms with Crippen LogP contribution in [-0.4, -0.2) is 33.7 Å². The molecule has 0 aromatic heterocycles. The molecule has 0 unspecified atom stereocenters. The summed E-state index contributed by atoms with van der Waals surface area (Å²) in [5, 5.41) is 0. The molecule has 1 aliphatic rings. The topological polar surface area (TPSA) is 63.2 Å². The highest BCUT2D eigenvalue weighted by molar-refractivity contribution is 6.15. The number of ketones is 1. The van der Waals surface area contributed by atoms with Gasteiger partial charge in [-0.15, -0.1) is 0 Å². The average Bonchev–Trinajstić information content (AvgIpc) is 2.96. The maximum absolute atomic E-state index is 12.8. The van der Waals surface area contributed by atoms with Crippen LogP contribution in [0.5, 0.6) is 28.7 Å². The summed E-state index contributed by atoms with van der Waals surface area (Å²) in [7, 11) is 4.62. The van der Waals surface area contributed by atoms with E-state index in [0.717, 1.165) is 5.56 Å². The second kappa shape index (κ2) is 7.61. The molecule has 0 radical (unpaired) electrons. The van der Waals surface area contributed by atoms with Crippen molar-refractivity contribution in [1.82, 2.24) is 0 Å². The fraction of sp³-hybridized carbons (Fsp3) is 0.286. The van der Waals surface area contributed by atoms with Crippen LogP contribution in [-0.2, 0) is 0 Å². The summed E-state index contributed by atoms with van der Waals surface area (Å²) in [5.41, 5.74) is 2.06. The molecular weight excluding hydrogens is 348 g/mol. The van der Waals surface area contributed by atoms with Gasteiger partial charge in [-0.25, -0.2) is 0 Å². The predicted molar refractivity (Wildman–Crippen MR) is 101 cm³/mol. The van der Waals surface area contributed by atoms with Crippen LogP contribution in [0.3, 0.4) is 0 Å². The van der Waals surface area contributed by atoms with Crippen LogP contribution in [0.25, 0.3) is 6.08 Å². The molecule has 0 saturated carbocycles. The Morgan fingerprint density at radius 3 is 2.22 bits per heavy atom. The molecule has 0 spiro atoms. The Labute approximate surface area is 158 Å². The number of methoxy groups -OCH3 is 3. The van der Waals surface area contributed by atoms with Crippen LogP contribution in [0.15, 0.2) is 30.0 Å². The Morgan fingerprint density at radius 1 is 1.00 bits per heavy atom. The smallest absolute Gasteiger partial charge is 0.232 e. The van der Waals surface area contributed by atoms with Gasteiger partial charge in [0, 0.05) is 6.07 Å². The van der Waals surface area contributed by atoms with E-state index in [2.05, 4.69) is 0 Å². The molecule has 0 aliphatic carbocycles. The number of carbonyl (C=O) groups is 1. The third-order valence-corrected chi connectivity index (χ3v) is 4.24. The molecule has 2 aromatic carbocycles. The van der Waals surface area contributed by atoms with Crippen molar-refractivity contribution in [3.63, 3.8) is 0 Å². The maximum atomic E-state index is 12.8. The van der Waals surface area contributed by atoms with Gasteiger partial charge in [-0.1, -0.05) is 0 Å². The van der Waals surface area contributed by atoms with Gasteiger partial charge in [0.25, 0.3) is 0 Å². The molecule has 3 rings (SSSR count). The number of fused-ring (bicyclic) bond motifs is 1. The van der Waals surface area contributed by atoms with E-state index >= 15 is 0 Å². The molecule has 0 atom stereocenters. The first-order valence-electron chi connectivity index (χ1n) is 8.54. The van der Waals surface area contributed by atoms with Crippen LogP contribution in [0.2, 0.25) is 0 Å². The third kappa shape index (κ3) is 3.43. The zero-order chi connectivity index (χ0) is 19.6. The Bertz CT molecular complexity index is 888. The number of rotatable bonds is 6. The molecule has 142 valence electrons. The first kappa shape index (κ1) is 18.6. The minimum atomic E-state index is -0.167. The summed E-state index contributed by atoms with van der Waals surface area (Å²) in [4.78, 5) is 12.8. The highest BCUT2D eigenvalue weighted by Crippen LogP contribution is 2.41. The monoisotopic (exact) mass is 370 g/mol. The minimum absolute atomic E-state index is 0.167. The Balaban J connectivity index is 2.01. The Hall–Kier alpha value is -3.15. The van der Waals surface area contributed by atoms with Crippen molar-refractivity contribution in [2.75, 3.05) is 27.9 Å². The SMILES string of the molecule is CCOc1cc(C)c2c(c1)O/C(=C\c1cc(OC)c(OC)c(OC)c1)C2=O. The number of benzene rings is 2. The standard InChI is InChI=1S/C21H22O6/c1-6-26-14-7-12(2)19-15(11-14)27-16(20(19)22)8-13-9-17(23-3)21(25-5)18(10-13)24-4/h7-11H,6H2,1-5H3/b16-8-. The summed E-state index contributed by atoms with van der Waals surface area (Å²) in [6.45, 7) is 4.32. The number of allylic oxidation sites excluding steroid dienone is 1. The van der Waals surface area contributed by atoms with Crippen molar-refractivity contribution in [3.8, 4) is 28.7 Å². The van der Waals surface area contributed by atoms with Crippen LogP contribution >= 0.6 is 0 Å². The molecule has 0 bridgehead atoms. The van der Waals surface area contributed by atoms with Gasteiger partial charge in [-0.2, -0.15) is 0 Å². The molecule has 27 heavy (non-hydrogen) atoms. The highest BCUT2D eigenvalue weighted by atomic mass is 16.5. The van der Waals surface area contributed by atoms with Crippen LogP contribution < -0.4 is 23.7 Å². The lowest BCUT2D eigenvalue weighted by atomic mass is 10.0. The summed E-state index contributed by atoms with van der Waals surface area (Å²) in [6.07, 6.45) is 1.66. The first-order valence-corrected chi connectivity index (χ1v) is 8.54. The molecule has 0 N–H and O–H groups in total. The molecular formula is C21H22O6. The maximum Gasteiger partial charge on any atom is 0.232 e. The number of hydrogen-bond acceptors (Lipinski definition) is 6. The number of hydrogen-bond donors (Lipinski definition) is 0. The molecule has 6 nitrogen and oxygen atoms in total. The van der Waals surface area contributed by atoms with Gasteiger partial charge < -0.3 is 23.7 Å². The molecule has 0 saturated heterocycles. The van der Waals surface area contributed by atoms with Gasteiger partial charge in [0.1, 0.15) is 11.5 Å². The van der Waals surface area contributed by atoms with Gasteiger partial charge in [-0.3, -0.25) is 4.79 Å². The summed E-state index contributed by atoms with van der Waals surface area (Å²) < 4.78 is 27.4. The van der Waals surface area contributed by atoms with Crippen molar-refractivity contribution < 1.29 is 28.5 Å². The van der Waals surface area contributed by atoms with Crippen molar-refractivity contribution in [2.24, 2.45) is 0 Å². The largest absolute Gasteiger partial charge is 0.494 e. The lowest BCUT2D eigenvalue weighted by molar-refractivity contribution is 0.101. The molecule has 1 heterocycles. The summed E-state index contributed by atoms with van der Waals surface area (Å²) in [5.74, 6) is 2.73. The van der Waals surface area contributed by atoms with E-state index in [1.807, 2.05) is 19.9 Å². The number of Topliss-reactive ketones (excluding diaryl/α,β-unsaturated/α-hetero) is 1. The number of aryl methyl sites for hydroxylation is 1. The normalized spacial score (nSPS) is 14.0. The van der Waals surface area contributed by atoms with Crippen molar-refractivity contribution >= 4 is 11.9 Å². The fourth-order valence-electron chi connectivity index (χ4n) is 3.06. The fourth-order valence-corrected chi connectivity index (χ4v) is 3.06. The van der Waals surface area contributed by atoms with E-state index in [1.54, 1.807) is 38.5 Å². The molecule has 2 aromatic rings.